The highest BCUT2D eigenvalue weighted by Gasteiger charge is 2.06. The third kappa shape index (κ3) is 4.89. The van der Waals surface area contributed by atoms with Crippen LogP contribution in [0.3, 0.4) is 0 Å². The number of carbonyl (C=O) groups is 1. The Morgan fingerprint density at radius 1 is 1.04 bits per heavy atom. The number of rotatable bonds is 7. The number of benzene rings is 2. The Kier molecular flexibility index (Phi) is 5.93. The van der Waals surface area contributed by atoms with Gasteiger partial charge in [-0.15, -0.1) is 0 Å². The Morgan fingerprint density at radius 3 is 2.54 bits per heavy atom. The Morgan fingerprint density at radius 2 is 1.81 bits per heavy atom. The fraction of sp³-hybridized carbons (Fsp3) is 0.190. The minimum absolute atomic E-state index is 0.0125. The first-order chi connectivity index (χ1) is 12.7. The van der Waals surface area contributed by atoms with E-state index in [2.05, 4.69) is 15.3 Å². The minimum Gasteiger partial charge on any atom is -0.497 e. The molecule has 3 rings (SSSR count). The zero-order chi connectivity index (χ0) is 18.2. The van der Waals surface area contributed by atoms with Crippen molar-refractivity contribution in [3.05, 3.63) is 78.2 Å². The van der Waals surface area contributed by atoms with Gasteiger partial charge in [0.05, 0.1) is 25.0 Å². The number of ether oxygens (including phenoxy) is 1. The molecule has 0 unspecified atom stereocenters. The van der Waals surface area contributed by atoms with E-state index in [0.29, 0.717) is 13.0 Å². The van der Waals surface area contributed by atoms with E-state index < -0.39 is 0 Å². The summed E-state index contributed by atoms with van der Waals surface area (Å²) in [4.78, 5) is 20.6. The molecule has 3 aromatic rings. The lowest BCUT2D eigenvalue weighted by molar-refractivity contribution is -0.121. The van der Waals surface area contributed by atoms with Crippen LogP contribution in [-0.2, 0) is 17.8 Å². The zero-order valence-corrected chi connectivity index (χ0v) is 14.7. The molecular weight excluding hydrogens is 326 g/mol. The molecule has 2 aromatic carbocycles. The molecular formula is C21H21N3O2. The van der Waals surface area contributed by atoms with E-state index >= 15 is 0 Å². The lowest BCUT2D eigenvalue weighted by Gasteiger charge is -2.07. The average Bonchev–Trinajstić information content (AvgIpc) is 2.72. The maximum absolute atomic E-state index is 12.0. The van der Waals surface area contributed by atoms with Crippen molar-refractivity contribution in [3.63, 3.8) is 0 Å². The average molecular weight is 347 g/mol. The second-order valence-electron chi connectivity index (χ2n) is 5.89. The number of amides is 1. The largest absolute Gasteiger partial charge is 0.497 e. The van der Waals surface area contributed by atoms with E-state index in [4.69, 9.17) is 4.74 Å². The second kappa shape index (κ2) is 8.76. The number of nitrogens with zero attached hydrogens (tertiary/aromatic N) is 2. The van der Waals surface area contributed by atoms with Gasteiger partial charge in [-0.3, -0.25) is 4.79 Å². The van der Waals surface area contributed by atoms with Crippen LogP contribution in [0.25, 0.3) is 11.3 Å². The van der Waals surface area contributed by atoms with Crippen LogP contribution in [0.5, 0.6) is 5.75 Å². The molecule has 0 fully saturated rings. The molecule has 0 radical (unpaired) electrons. The highest BCUT2D eigenvalue weighted by molar-refractivity contribution is 5.76. The maximum atomic E-state index is 12.0. The topological polar surface area (TPSA) is 64.1 Å². The maximum Gasteiger partial charge on any atom is 0.220 e. The van der Waals surface area contributed by atoms with Crippen LogP contribution in [0, 0.1) is 0 Å². The van der Waals surface area contributed by atoms with Gasteiger partial charge in [-0.2, -0.15) is 0 Å². The van der Waals surface area contributed by atoms with E-state index in [1.807, 2.05) is 60.7 Å². The van der Waals surface area contributed by atoms with E-state index in [0.717, 1.165) is 34.7 Å². The van der Waals surface area contributed by atoms with Crippen molar-refractivity contribution >= 4 is 5.91 Å². The summed E-state index contributed by atoms with van der Waals surface area (Å²) in [5.74, 6) is 0.812. The van der Waals surface area contributed by atoms with Gasteiger partial charge >= 0.3 is 0 Å². The molecule has 0 aliphatic carbocycles. The van der Waals surface area contributed by atoms with Crippen molar-refractivity contribution in [1.29, 1.82) is 0 Å². The molecule has 5 nitrogen and oxygen atoms in total. The van der Waals surface area contributed by atoms with Gasteiger partial charge in [-0.25, -0.2) is 9.97 Å². The van der Waals surface area contributed by atoms with Crippen LogP contribution >= 0.6 is 0 Å². The van der Waals surface area contributed by atoms with Crippen LogP contribution in [0.2, 0.25) is 0 Å². The number of methoxy groups -OCH3 is 1. The first-order valence-corrected chi connectivity index (χ1v) is 8.50. The zero-order valence-electron chi connectivity index (χ0n) is 14.7. The standard InChI is InChI=1S/C21H21N3O2/c1-26-19-10-8-17(9-11-19)20-13-18(23-15-24-20)14-22-21(25)12-7-16-5-3-2-4-6-16/h2-6,8-11,13,15H,7,12,14H2,1H3,(H,22,25). The highest BCUT2D eigenvalue weighted by atomic mass is 16.5. The summed E-state index contributed by atoms with van der Waals surface area (Å²) in [6.07, 6.45) is 2.71. The SMILES string of the molecule is COc1ccc(-c2cc(CNC(=O)CCc3ccccc3)ncn2)cc1. The first kappa shape index (κ1) is 17.6. The van der Waals surface area contributed by atoms with Crippen molar-refractivity contribution in [1.82, 2.24) is 15.3 Å². The molecule has 0 bridgehead atoms. The van der Waals surface area contributed by atoms with Crippen LogP contribution in [0.4, 0.5) is 0 Å². The summed E-state index contributed by atoms with van der Waals surface area (Å²) < 4.78 is 5.17. The quantitative estimate of drug-likeness (QED) is 0.711. The minimum atomic E-state index is 0.0125. The van der Waals surface area contributed by atoms with Crippen molar-refractivity contribution in [2.75, 3.05) is 7.11 Å². The molecule has 1 aromatic heterocycles. The van der Waals surface area contributed by atoms with Crippen molar-refractivity contribution in [2.45, 2.75) is 19.4 Å². The molecule has 1 N–H and O–H groups in total. The molecule has 0 aliphatic heterocycles. The van der Waals surface area contributed by atoms with Crippen molar-refractivity contribution in [2.24, 2.45) is 0 Å². The summed E-state index contributed by atoms with van der Waals surface area (Å²) in [7, 11) is 1.64. The van der Waals surface area contributed by atoms with E-state index in [9.17, 15) is 4.79 Å². The van der Waals surface area contributed by atoms with Crippen LogP contribution in [-0.4, -0.2) is 23.0 Å². The number of aryl methyl sites for hydroxylation is 1. The Hall–Kier alpha value is -3.21. The second-order valence-corrected chi connectivity index (χ2v) is 5.89. The lowest BCUT2D eigenvalue weighted by atomic mass is 10.1. The smallest absolute Gasteiger partial charge is 0.220 e. The van der Waals surface area contributed by atoms with Crippen LogP contribution in [0.1, 0.15) is 17.7 Å². The molecule has 0 aliphatic rings. The predicted molar refractivity (Wildman–Crippen MR) is 101 cm³/mol. The summed E-state index contributed by atoms with van der Waals surface area (Å²) in [6, 6.07) is 19.6. The van der Waals surface area contributed by atoms with Gasteiger partial charge < -0.3 is 10.1 Å². The highest BCUT2D eigenvalue weighted by Crippen LogP contribution is 2.20. The first-order valence-electron chi connectivity index (χ1n) is 8.50. The van der Waals surface area contributed by atoms with E-state index in [-0.39, 0.29) is 5.91 Å². The Bertz CT molecular complexity index is 849. The van der Waals surface area contributed by atoms with E-state index in [1.54, 1.807) is 7.11 Å². The van der Waals surface area contributed by atoms with Gasteiger partial charge in [-0.1, -0.05) is 30.3 Å². The number of hydrogen-bond donors (Lipinski definition) is 1. The Labute approximate surface area is 153 Å². The molecule has 5 heteroatoms. The van der Waals surface area contributed by atoms with Gasteiger partial charge in [0.25, 0.3) is 0 Å². The van der Waals surface area contributed by atoms with Crippen molar-refractivity contribution < 1.29 is 9.53 Å². The summed E-state index contributed by atoms with van der Waals surface area (Å²) >= 11 is 0. The predicted octanol–water partition coefficient (Wildman–Crippen LogP) is 3.40. The van der Waals surface area contributed by atoms with Gasteiger partial charge in [0.2, 0.25) is 5.91 Å². The molecule has 1 amide bonds. The Balaban J connectivity index is 1.55. The van der Waals surface area contributed by atoms with Crippen LogP contribution < -0.4 is 10.1 Å². The fourth-order valence-corrected chi connectivity index (χ4v) is 2.59. The molecule has 0 saturated carbocycles. The molecule has 0 atom stereocenters. The number of nitrogens with one attached hydrogen (secondary N) is 1. The van der Waals surface area contributed by atoms with Crippen molar-refractivity contribution in [3.8, 4) is 17.0 Å². The third-order valence-corrected chi connectivity index (χ3v) is 4.06. The third-order valence-electron chi connectivity index (χ3n) is 4.06. The van der Waals surface area contributed by atoms with Crippen LogP contribution in [0.15, 0.2) is 67.0 Å². The number of aromatic nitrogens is 2. The molecule has 0 saturated heterocycles. The normalized spacial score (nSPS) is 10.3. The number of hydrogen-bond acceptors (Lipinski definition) is 4. The molecule has 26 heavy (non-hydrogen) atoms. The summed E-state index contributed by atoms with van der Waals surface area (Å²) in [5, 5.41) is 2.92. The van der Waals surface area contributed by atoms with Gasteiger partial charge in [0.1, 0.15) is 12.1 Å². The van der Waals surface area contributed by atoms with E-state index in [1.165, 1.54) is 6.33 Å². The number of carbonyl (C=O) groups excluding carboxylic acids is 1. The fourth-order valence-electron chi connectivity index (χ4n) is 2.59. The molecule has 0 spiro atoms. The monoisotopic (exact) mass is 347 g/mol. The van der Waals surface area contributed by atoms with Gasteiger partial charge in [0.15, 0.2) is 0 Å². The molecule has 132 valence electrons. The molecule has 1 heterocycles. The van der Waals surface area contributed by atoms with Gasteiger partial charge in [-0.05, 0) is 42.3 Å². The lowest BCUT2D eigenvalue weighted by Crippen LogP contribution is -2.23. The summed E-state index contributed by atoms with van der Waals surface area (Å²) in [6.45, 7) is 0.388. The summed E-state index contributed by atoms with van der Waals surface area (Å²) in [5.41, 5.74) is 3.73. The van der Waals surface area contributed by atoms with Gasteiger partial charge in [0, 0.05) is 12.0 Å².